The Kier molecular flexibility index (Phi) is 3.12. The molecule has 0 atom stereocenters. The first kappa shape index (κ1) is 9.06. The van der Waals surface area contributed by atoms with Crippen LogP contribution in [0.15, 0.2) is 15.9 Å². The molecule has 0 saturated carbocycles. The molecule has 0 aromatic carbocycles. The van der Waals surface area contributed by atoms with Crippen LogP contribution in [0.25, 0.3) is 0 Å². The summed E-state index contributed by atoms with van der Waals surface area (Å²) in [6, 6.07) is 2.11. The van der Waals surface area contributed by atoms with E-state index in [-0.39, 0.29) is 0 Å². The molecule has 1 aromatic rings. The first-order valence-corrected chi connectivity index (χ1v) is 6.49. The van der Waals surface area contributed by atoms with E-state index in [0.717, 1.165) is 24.2 Å². The third-order valence-electron chi connectivity index (χ3n) is 1.75. The highest BCUT2D eigenvalue weighted by molar-refractivity contribution is 9.10. The maximum absolute atomic E-state index is 5.11. The van der Waals surface area contributed by atoms with Gasteiger partial charge in [-0.25, -0.2) is 0 Å². The monoisotopic (exact) mass is 264 g/mol. The van der Waals surface area contributed by atoms with E-state index in [0.29, 0.717) is 0 Å². The quantitative estimate of drug-likeness (QED) is 0.830. The Bertz CT molecular complexity index is 257. The summed E-state index contributed by atoms with van der Waals surface area (Å²) < 4.78 is 6.36. The molecule has 66 valence electrons. The maximum atomic E-state index is 5.11. The average molecular weight is 265 g/mol. The Morgan fingerprint density at radius 1 is 1.67 bits per heavy atom. The summed E-state index contributed by atoms with van der Waals surface area (Å²) in [6.45, 7) is 1.88. The largest absolute Gasteiger partial charge is 0.379 e. The SMILES string of the molecule is Brc1ccsc1CSC1COC1. The van der Waals surface area contributed by atoms with E-state index < -0.39 is 0 Å². The van der Waals surface area contributed by atoms with Gasteiger partial charge >= 0.3 is 0 Å². The first-order chi connectivity index (χ1) is 5.86. The number of thiophene rings is 1. The summed E-state index contributed by atoms with van der Waals surface area (Å²) in [5.74, 6) is 1.12. The van der Waals surface area contributed by atoms with E-state index in [1.54, 1.807) is 0 Å². The van der Waals surface area contributed by atoms with Gasteiger partial charge in [0, 0.05) is 15.1 Å². The summed E-state index contributed by atoms with van der Waals surface area (Å²) in [5.41, 5.74) is 0. The van der Waals surface area contributed by atoms with Gasteiger partial charge in [0.2, 0.25) is 0 Å². The molecule has 1 nitrogen and oxygen atoms in total. The predicted molar refractivity (Wildman–Crippen MR) is 57.9 cm³/mol. The van der Waals surface area contributed by atoms with Crippen molar-refractivity contribution in [1.82, 2.24) is 0 Å². The van der Waals surface area contributed by atoms with E-state index in [1.165, 1.54) is 9.35 Å². The van der Waals surface area contributed by atoms with Crippen molar-refractivity contribution in [3.05, 3.63) is 20.8 Å². The fraction of sp³-hybridized carbons (Fsp3) is 0.500. The van der Waals surface area contributed by atoms with E-state index in [1.807, 2.05) is 23.1 Å². The Hall–Kier alpha value is 0.490. The van der Waals surface area contributed by atoms with E-state index >= 15 is 0 Å². The van der Waals surface area contributed by atoms with Crippen LogP contribution < -0.4 is 0 Å². The van der Waals surface area contributed by atoms with Gasteiger partial charge in [-0.3, -0.25) is 0 Å². The molecule has 1 aliphatic heterocycles. The highest BCUT2D eigenvalue weighted by Crippen LogP contribution is 2.30. The van der Waals surface area contributed by atoms with Gasteiger partial charge in [0.1, 0.15) is 0 Å². The van der Waals surface area contributed by atoms with Crippen molar-refractivity contribution in [3.63, 3.8) is 0 Å². The lowest BCUT2D eigenvalue weighted by Gasteiger charge is -2.24. The molecule has 2 rings (SSSR count). The minimum atomic E-state index is 0.735. The highest BCUT2D eigenvalue weighted by Gasteiger charge is 2.18. The third-order valence-corrected chi connectivity index (χ3v) is 5.06. The number of hydrogen-bond acceptors (Lipinski definition) is 3. The van der Waals surface area contributed by atoms with Gasteiger partial charge in [0.05, 0.1) is 18.5 Å². The van der Waals surface area contributed by atoms with Crippen molar-refractivity contribution in [1.29, 1.82) is 0 Å². The van der Waals surface area contributed by atoms with E-state index in [4.69, 9.17) is 4.74 Å². The van der Waals surface area contributed by atoms with Gasteiger partial charge in [0.15, 0.2) is 0 Å². The molecule has 0 unspecified atom stereocenters. The number of thioether (sulfide) groups is 1. The molecule has 4 heteroatoms. The lowest BCUT2D eigenvalue weighted by Crippen LogP contribution is -2.30. The molecule has 2 heterocycles. The van der Waals surface area contributed by atoms with Gasteiger partial charge in [-0.2, -0.15) is 0 Å². The summed E-state index contributed by atoms with van der Waals surface area (Å²) in [4.78, 5) is 1.44. The average Bonchev–Trinajstić information content (AvgIpc) is 2.33. The van der Waals surface area contributed by atoms with Crippen LogP contribution in [0.4, 0.5) is 0 Å². The summed E-state index contributed by atoms with van der Waals surface area (Å²) in [7, 11) is 0. The van der Waals surface area contributed by atoms with E-state index in [9.17, 15) is 0 Å². The molecular weight excluding hydrogens is 256 g/mol. The van der Waals surface area contributed by atoms with Crippen molar-refractivity contribution in [2.45, 2.75) is 11.0 Å². The molecule has 0 N–H and O–H groups in total. The Morgan fingerprint density at radius 3 is 3.00 bits per heavy atom. The predicted octanol–water partition coefficient (Wildman–Crippen LogP) is 3.14. The van der Waals surface area contributed by atoms with Gasteiger partial charge in [-0.1, -0.05) is 0 Å². The van der Waals surface area contributed by atoms with Crippen LogP contribution in [0.3, 0.4) is 0 Å². The number of halogens is 1. The fourth-order valence-corrected chi connectivity index (χ4v) is 3.80. The second-order valence-corrected chi connectivity index (χ2v) is 5.81. The van der Waals surface area contributed by atoms with Crippen molar-refractivity contribution < 1.29 is 4.74 Å². The number of hydrogen-bond donors (Lipinski definition) is 0. The zero-order chi connectivity index (χ0) is 8.39. The van der Waals surface area contributed by atoms with Crippen LogP contribution in [0.2, 0.25) is 0 Å². The Morgan fingerprint density at radius 2 is 2.50 bits per heavy atom. The second-order valence-electron chi connectivity index (χ2n) is 2.66. The van der Waals surface area contributed by atoms with Crippen LogP contribution >= 0.6 is 39.0 Å². The second kappa shape index (κ2) is 4.13. The van der Waals surface area contributed by atoms with E-state index in [2.05, 4.69) is 27.4 Å². The third kappa shape index (κ3) is 2.05. The first-order valence-electron chi connectivity index (χ1n) is 3.77. The van der Waals surface area contributed by atoms with Crippen molar-refractivity contribution in [2.75, 3.05) is 13.2 Å². The fourth-order valence-electron chi connectivity index (χ4n) is 0.932. The molecule has 0 radical (unpaired) electrons. The smallest absolute Gasteiger partial charge is 0.0608 e. The minimum absolute atomic E-state index is 0.735. The van der Waals surface area contributed by atoms with Crippen LogP contribution in [-0.2, 0) is 10.5 Å². The standard InChI is InChI=1S/C8H9BrOS2/c9-7-1-2-11-8(7)5-12-6-3-10-4-6/h1-2,6H,3-5H2. The van der Waals surface area contributed by atoms with Gasteiger partial charge in [0.25, 0.3) is 0 Å². The zero-order valence-corrected chi connectivity index (χ0v) is 9.68. The lowest BCUT2D eigenvalue weighted by molar-refractivity contribution is 0.0455. The van der Waals surface area contributed by atoms with Crippen molar-refractivity contribution in [2.24, 2.45) is 0 Å². The maximum Gasteiger partial charge on any atom is 0.0608 e. The minimum Gasteiger partial charge on any atom is -0.379 e. The summed E-state index contributed by atoms with van der Waals surface area (Å²) in [6.07, 6.45) is 0. The molecule has 1 fully saturated rings. The Labute approximate surface area is 88.6 Å². The van der Waals surface area contributed by atoms with Crippen LogP contribution in [-0.4, -0.2) is 18.5 Å². The highest BCUT2D eigenvalue weighted by atomic mass is 79.9. The Balaban J connectivity index is 1.82. The molecule has 1 aromatic heterocycles. The van der Waals surface area contributed by atoms with Crippen molar-refractivity contribution in [3.8, 4) is 0 Å². The molecule has 0 spiro atoms. The normalized spacial score (nSPS) is 17.8. The summed E-state index contributed by atoms with van der Waals surface area (Å²) >= 11 is 7.33. The number of rotatable bonds is 3. The molecule has 1 saturated heterocycles. The van der Waals surface area contributed by atoms with Crippen LogP contribution in [0, 0.1) is 0 Å². The van der Waals surface area contributed by atoms with Crippen LogP contribution in [0.1, 0.15) is 4.88 Å². The van der Waals surface area contributed by atoms with Gasteiger partial charge < -0.3 is 4.74 Å². The topological polar surface area (TPSA) is 9.23 Å². The van der Waals surface area contributed by atoms with Gasteiger partial charge in [-0.15, -0.1) is 23.1 Å². The molecule has 0 aliphatic carbocycles. The summed E-state index contributed by atoms with van der Waals surface area (Å²) in [5, 5.41) is 2.86. The van der Waals surface area contributed by atoms with Crippen LogP contribution in [0.5, 0.6) is 0 Å². The lowest BCUT2D eigenvalue weighted by atomic mass is 10.4. The molecule has 12 heavy (non-hydrogen) atoms. The van der Waals surface area contributed by atoms with Gasteiger partial charge in [-0.05, 0) is 27.4 Å². The number of ether oxygens (including phenoxy) is 1. The molecule has 0 bridgehead atoms. The zero-order valence-electron chi connectivity index (χ0n) is 6.46. The molecule has 0 amide bonds. The molecule has 1 aliphatic rings. The van der Waals surface area contributed by atoms with Crippen molar-refractivity contribution >= 4 is 39.0 Å². The molecular formula is C8H9BrOS2.